The maximum absolute atomic E-state index is 4.40. The second kappa shape index (κ2) is 5.66. The fourth-order valence-corrected chi connectivity index (χ4v) is 3.02. The van der Waals surface area contributed by atoms with Crippen molar-refractivity contribution in [1.82, 2.24) is 9.88 Å². The number of rotatable bonds is 2. The van der Waals surface area contributed by atoms with Crippen LogP contribution >= 0.6 is 0 Å². The average Bonchev–Trinajstić information content (AvgIpc) is 3.01. The molecule has 0 radical (unpaired) electrons. The lowest BCUT2D eigenvalue weighted by atomic mass is 10.0. The predicted molar refractivity (Wildman–Crippen MR) is 77.4 cm³/mol. The van der Waals surface area contributed by atoms with Crippen molar-refractivity contribution in [2.24, 2.45) is 5.92 Å². The normalized spacial score (nSPS) is 25.7. The van der Waals surface area contributed by atoms with Crippen LogP contribution in [0.1, 0.15) is 38.4 Å². The standard InChI is InChI=1S/C14H18N2.C2H6/c1-3-16-9-11-6-13(14(16)7-11)12-5-4-10(2)15-8-12;1-2/h4-6,8,11,14H,3,7,9H2,1-2H3;1-2H3. The molecule has 0 aromatic carbocycles. The van der Waals surface area contributed by atoms with Crippen molar-refractivity contribution in [2.75, 3.05) is 13.1 Å². The monoisotopic (exact) mass is 244 g/mol. The fourth-order valence-electron chi connectivity index (χ4n) is 3.02. The van der Waals surface area contributed by atoms with Gasteiger partial charge in [-0.25, -0.2) is 0 Å². The third-order valence-electron chi connectivity index (χ3n) is 3.86. The number of likely N-dealkylation sites (tertiary alicyclic amines) is 1. The Bertz CT molecular complexity index is 419. The van der Waals surface area contributed by atoms with Gasteiger partial charge in [0.05, 0.1) is 0 Å². The molecule has 1 aliphatic carbocycles. The summed E-state index contributed by atoms with van der Waals surface area (Å²) in [6.07, 6.45) is 5.80. The molecule has 2 bridgehead atoms. The van der Waals surface area contributed by atoms with Crippen LogP contribution in [0, 0.1) is 12.8 Å². The van der Waals surface area contributed by atoms with E-state index in [-0.39, 0.29) is 0 Å². The molecule has 0 spiro atoms. The largest absolute Gasteiger partial charge is 0.296 e. The van der Waals surface area contributed by atoms with Gasteiger partial charge in [-0.1, -0.05) is 32.9 Å². The summed E-state index contributed by atoms with van der Waals surface area (Å²) in [5.74, 6) is 0.779. The highest BCUT2D eigenvalue weighted by Crippen LogP contribution is 2.41. The van der Waals surface area contributed by atoms with Crippen LogP contribution in [0.3, 0.4) is 0 Å². The summed E-state index contributed by atoms with van der Waals surface area (Å²) >= 11 is 0. The molecule has 0 amide bonds. The van der Waals surface area contributed by atoms with Gasteiger partial charge in [0.25, 0.3) is 0 Å². The molecule has 3 rings (SSSR count). The quantitative estimate of drug-likeness (QED) is 0.791. The van der Waals surface area contributed by atoms with Crippen molar-refractivity contribution in [3.63, 3.8) is 0 Å². The van der Waals surface area contributed by atoms with E-state index in [4.69, 9.17) is 0 Å². The van der Waals surface area contributed by atoms with Crippen LogP contribution in [0.4, 0.5) is 0 Å². The maximum Gasteiger partial charge on any atom is 0.0373 e. The minimum Gasteiger partial charge on any atom is -0.296 e. The van der Waals surface area contributed by atoms with E-state index in [2.05, 4.69) is 35.0 Å². The molecule has 1 aromatic heterocycles. The maximum atomic E-state index is 4.40. The lowest BCUT2D eigenvalue weighted by Gasteiger charge is -2.26. The van der Waals surface area contributed by atoms with Crippen molar-refractivity contribution in [3.05, 3.63) is 35.7 Å². The van der Waals surface area contributed by atoms with Gasteiger partial charge in [0.1, 0.15) is 0 Å². The first-order valence-electron chi connectivity index (χ1n) is 7.16. The van der Waals surface area contributed by atoms with Gasteiger partial charge in [-0.3, -0.25) is 9.88 Å². The molecule has 2 nitrogen and oxygen atoms in total. The Morgan fingerprint density at radius 3 is 2.67 bits per heavy atom. The van der Waals surface area contributed by atoms with Gasteiger partial charge in [-0.05, 0) is 43.0 Å². The molecule has 2 heteroatoms. The average molecular weight is 244 g/mol. The molecule has 1 aromatic rings. The lowest BCUT2D eigenvalue weighted by molar-refractivity contribution is 0.303. The van der Waals surface area contributed by atoms with E-state index >= 15 is 0 Å². The van der Waals surface area contributed by atoms with Crippen molar-refractivity contribution in [1.29, 1.82) is 0 Å². The number of aryl methyl sites for hydroxylation is 1. The van der Waals surface area contributed by atoms with E-state index in [9.17, 15) is 0 Å². The fraction of sp³-hybridized carbons (Fsp3) is 0.562. The summed E-state index contributed by atoms with van der Waals surface area (Å²) in [6, 6.07) is 4.97. The summed E-state index contributed by atoms with van der Waals surface area (Å²) in [6.45, 7) is 10.7. The molecular formula is C16H24N2. The van der Waals surface area contributed by atoms with Crippen molar-refractivity contribution in [3.8, 4) is 0 Å². The van der Waals surface area contributed by atoms with Gasteiger partial charge in [-0.15, -0.1) is 0 Å². The highest BCUT2D eigenvalue weighted by Gasteiger charge is 2.38. The van der Waals surface area contributed by atoms with E-state index in [0.717, 1.165) is 18.2 Å². The van der Waals surface area contributed by atoms with Crippen LogP contribution in [0.5, 0.6) is 0 Å². The smallest absolute Gasteiger partial charge is 0.0373 e. The van der Waals surface area contributed by atoms with Crippen molar-refractivity contribution >= 4 is 5.57 Å². The Kier molecular flexibility index (Phi) is 4.18. The van der Waals surface area contributed by atoms with Crippen LogP contribution < -0.4 is 0 Å². The summed E-state index contributed by atoms with van der Waals surface area (Å²) < 4.78 is 0. The van der Waals surface area contributed by atoms with Gasteiger partial charge in [0, 0.05) is 24.5 Å². The number of hydrogen-bond donors (Lipinski definition) is 0. The van der Waals surface area contributed by atoms with Crippen LogP contribution in [-0.4, -0.2) is 29.0 Å². The molecule has 98 valence electrons. The van der Waals surface area contributed by atoms with Crippen LogP contribution in [-0.2, 0) is 0 Å². The number of pyridine rings is 1. The van der Waals surface area contributed by atoms with E-state index in [0.29, 0.717) is 6.04 Å². The molecule has 2 aliphatic rings. The molecular weight excluding hydrogens is 220 g/mol. The summed E-state index contributed by atoms with van der Waals surface area (Å²) in [7, 11) is 0. The van der Waals surface area contributed by atoms with Gasteiger partial charge in [0.15, 0.2) is 0 Å². The molecule has 2 atom stereocenters. The van der Waals surface area contributed by atoms with Crippen LogP contribution in [0.2, 0.25) is 0 Å². The SMILES string of the molecule is CC.CCN1CC2C=C(c3ccc(C)nc3)C1C2. The molecule has 2 unspecified atom stereocenters. The number of aromatic nitrogens is 1. The van der Waals surface area contributed by atoms with Crippen molar-refractivity contribution < 1.29 is 0 Å². The highest BCUT2D eigenvalue weighted by atomic mass is 15.2. The Morgan fingerprint density at radius 1 is 1.33 bits per heavy atom. The van der Waals surface area contributed by atoms with Gasteiger partial charge in [0.2, 0.25) is 0 Å². The van der Waals surface area contributed by atoms with E-state index in [1.807, 2.05) is 27.0 Å². The lowest BCUT2D eigenvalue weighted by Crippen LogP contribution is -2.31. The van der Waals surface area contributed by atoms with E-state index in [1.54, 1.807) is 0 Å². The number of hydrogen-bond acceptors (Lipinski definition) is 2. The first-order valence-corrected chi connectivity index (χ1v) is 7.16. The third kappa shape index (κ3) is 2.35. The Hall–Kier alpha value is -1.15. The molecule has 2 heterocycles. The predicted octanol–water partition coefficient (Wildman–Crippen LogP) is 3.52. The zero-order valence-corrected chi connectivity index (χ0v) is 12.0. The minimum absolute atomic E-state index is 0.652. The molecule has 1 saturated heterocycles. The second-order valence-electron chi connectivity index (χ2n) is 4.91. The Balaban J connectivity index is 0.000000574. The third-order valence-corrected chi connectivity index (χ3v) is 3.86. The first-order chi connectivity index (χ1) is 8.78. The van der Waals surface area contributed by atoms with Crippen LogP contribution in [0.15, 0.2) is 24.4 Å². The summed E-state index contributed by atoms with van der Waals surface area (Å²) in [4.78, 5) is 6.98. The van der Waals surface area contributed by atoms with Gasteiger partial charge < -0.3 is 0 Å². The second-order valence-corrected chi connectivity index (χ2v) is 4.91. The molecule has 1 aliphatic heterocycles. The van der Waals surface area contributed by atoms with Crippen LogP contribution in [0.25, 0.3) is 5.57 Å². The molecule has 1 fully saturated rings. The Labute approximate surface area is 111 Å². The molecule has 0 N–H and O–H groups in total. The van der Waals surface area contributed by atoms with Gasteiger partial charge >= 0.3 is 0 Å². The highest BCUT2D eigenvalue weighted by molar-refractivity contribution is 5.72. The zero-order valence-electron chi connectivity index (χ0n) is 12.0. The molecule has 0 saturated carbocycles. The molecule has 18 heavy (non-hydrogen) atoms. The van der Waals surface area contributed by atoms with Crippen molar-refractivity contribution in [2.45, 2.75) is 40.2 Å². The van der Waals surface area contributed by atoms with E-state index < -0.39 is 0 Å². The summed E-state index contributed by atoms with van der Waals surface area (Å²) in [5.41, 5.74) is 3.92. The summed E-state index contributed by atoms with van der Waals surface area (Å²) in [5, 5.41) is 0. The number of nitrogens with zero attached hydrogens (tertiary/aromatic N) is 2. The Morgan fingerprint density at radius 2 is 2.11 bits per heavy atom. The number of fused-ring (bicyclic) bond motifs is 2. The van der Waals surface area contributed by atoms with E-state index in [1.165, 1.54) is 24.1 Å². The number of likely N-dealkylation sites (N-methyl/N-ethyl adjacent to an activating group) is 1. The topological polar surface area (TPSA) is 16.1 Å². The zero-order chi connectivity index (χ0) is 13.1. The first kappa shape index (κ1) is 13.3. The van der Waals surface area contributed by atoms with Gasteiger partial charge in [-0.2, -0.15) is 0 Å². The minimum atomic E-state index is 0.652.